The van der Waals surface area contributed by atoms with Crippen LogP contribution in [0.4, 0.5) is 0 Å². The summed E-state index contributed by atoms with van der Waals surface area (Å²) in [5.74, 6) is 0.993. The molecule has 1 nitrogen and oxygen atoms in total. The third kappa shape index (κ3) is 3.41. The van der Waals surface area contributed by atoms with Crippen molar-refractivity contribution in [3.63, 3.8) is 0 Å². The number of benzene rings is 1. The molecular formula is C15H22O. The van der Waals surface area contributed by atoms with Gasteiger partial charge in [-0.1, -0.05) is 12.2 Å². The number of hydrogen-bond acceptors (Lipinski definition) is 1. The molecule has 0 bridgehead atoms. The van der Waals surface area contributed by atoms with Gasteiger partial charge >= 0.3 is 0 Å². The minimum atomic E-state index is 0.733. The largest absolute Gasteiger partial charge is 0.494 e. The highest BCUT2D eigenvalue weighted by Gasteiger charge is 2.04. The van der Waals surface area contributed by atoms with Crippen molar-refractivity contribution < 1.29 is 4.74 Å². The SMILES string of the molecule is C/C=C\CCc1c(C)cc(OCC)cc1C. The minimum absolute atomic E-state index is 0.733. The van der Waals surface area contributed by atoms with Gasteiger partial charge in [-0.2, -0.15) is 0 Å². The lowest BCUT2D eigenvalue weighted by Gasteiger charge is -2.12. The fraction of sp³-hybridized carbons (Fsp3) is 0.467. The summed E-state index contributed by atoms with van der Waals surface area (Å²) >= 11 is 0. The molecule has 0 saturated heterocycles. The van der Waals surface area contributed by atoms with Crippen molar-refractivity contribution in [3.05, 3.63) is 41.0 Å². The Morgan fingerprint density at radius 1 is 1.19 bits per heavy atom. The van der Waals surface area contributed by atoms with Gasteiger partial charge in [0.2, 0.25) is 0 Å². The zero-order chi connectivity index (χ0) is 12.0. The van der Waals surface area contributed by atoms with Crippen LogP contribution < -0.4 is 4.74 Å². The van der Waals surface area contributed by atoms with Crippen molar-refractivity contribution in [2.45, 2.75) is 40.5 Å². The van der Waals surface area contributed by atoms with E-state index >= 15 is 0 Å². The molecule has 1 aromatic carbocycles. The lowest BCUT2D eigenvalue weighted by atomic mass is 9.98. The third-order valence-corrected chi connectivity index (χ3v) is 2.78. The van der Waals surface area contributed by atoms with Gasteiger partial charge in [-0.25, -0.2) is 0 Å². The summed E-state index contributed by atoms with van der Waals surface area (Å²) in [7, 11) is 0. The second-order valence-electron chi connectivity index (χ2n) is 4.08. The number of rotatable bonds is 5. The van der Waals surface area contributed by atoms with Crippen molar-refractivity contribution >= 4 is 0 Å². The third-order valence-electron chi connectivity index (χ3n) is 2.78. The van der Waals surface area contributed by atoms with E-state index in [0.717, 1.165) is 25.2 Å². The molecule has 1 aromatic rings. The van der Waals surface area contributed by atoms with Gasteiger partial charge in [0.1, 0.15) is 5.75 Å². The van der Waals surface area contributed by atoms with E-state index in [2.05, 4.69) is 45.1 Å². The molecule has 0 spiro atoms. The van der Waals surface area contributed by atoms with Gasteiger partial charge in [0, 0.05) is 0 Å². The second-order valence-corrected chi connectivity index (χ2v) is 4.08. The molecule has 1 heteroatoms. The van der Waals surface area contributed by atoms with Crippen LogP contribution in [0.2, 0.25) is 0 Å². The van der Waals surface area contributed by atoms with Gasteiger partial charge in [-0.15, -0.1) is 0 Å². The molecule has 0 aromatic heterocycles. The quantitative estimate of drug-likeness (QED) is 0.673. The molecule has 0 amide bonds. The van der Waals surface area contributed by atoms with Crippen LogP contribution in [0.25, 0.3) is 0 Å². The molecule has 0 aliphatic rings. The molecule has 0 atom stereocenters. The first-order chi connectivity index (χ1) is 7.69. The van der Waals surface area contributed by atoms with E-state index in [9.17, 15) is 0 Å². The van der Waals surface area contributed by atoms with E-state index in [0.29, 0.717) is 0 Å². The van der Waals surface area contributed by atoms with Gasteiger partial charge in [0.05, 0.1) is 6.61 Å². The fourth-order valence-electron chi connectivity index (χ4n) is 1.99. The summed E-state index contributed by atoms with van der Waals surface area (Å²) < 4.78 is 5.53. The molecule has 0 aliphatic carbocycles. The van der Waals surface area contributed by atoms with E-state index in [1.807, 2.05) is 6.92 Å². The molecule has 0 aliphatic heterocycles. The smallest absolute Gasteiger partial charge is 0.119 e. The maximum absolute atomic E-state index is 5.53. The Morgan fingerprint density at radius 3 is 2.31 bits per heavy atom. The summed E-state index contributed by atoms with van der Waals surface area (Å²) in [5.41, 5.74) is 4.14. The minimum Gasteiger partial charge on any atom is -0.494 e. The van der Waals surface area contributed by atoms with E-state index in [-0.39, 0.29) is 0 Å². The Bertz CT molecular complexity index is 341. The molecule has 0 fully saturated rings. The highest BCUT2D eigenvalue weighted by Crippen LogP contribution is 2.23. The summed E-state index contributed by atoms with van der Waals surface area (Å²) in [6, 6.07) is 4.28. The van der Waals surface area contributed by atoms with E-state index < -0.39 is 0 Å². The Kier molecular flexibility index (Phi) is 5.10. The van der Waals surface area contributed by atoms with Crippen LogP contribution in [0.1, 0.15) is 37.0 Å². The fourth-order valence-corrected chi connectivity index (χ4v) is 1.99. The van der Waals surface area contributed by atoms with Crippen LogP contribution in [0.3, 0.4) is 0 Å². The topological polar surface area (TPSA) is 9.23 Å². The van der Waals surface area contributed by atoms with Crippen LogP contribution in [-0.2, 0) is 6.42 Å². The Labute approximate surface area is 99.1 Å². The van der Waals surface area contributed by atoms with Crippen LogP contribution in [0, 0.1) is 13.8 Å². The predicted octanol–water partition coefficient (Wildman–Crippen LogP) is 4.21. The van der Waals surface area contributed by atoms with Gasteiger partial charge in [-0.3, -0.25) is 0 Å². The van der Waals surface area contributed by atoms with Crippen molar-refractivity contribution in [1.82, 2.24) is 0 Å². The zero-order valence-electron chi connectivity index (χ0n) is 10.8. The molecule has 0 unspecified atom stereocenters. The average Bonchev–Trinajstić information content (AvgIpc) is 2.23. The average molecular weight is 218 g/mol. The highest BCUT2D eigenvalue weighted by molar-refractivity contribution is 5.41. The van der Waals surface area contributed by atoms with Gasteiger partial charge < -0.3 is 4.74 Å². The molecule has 0 heterocycles. The first kappa shape index (κ1) is 12.8. The molecule has 0 radical (unpaired) electrons. The number of allylic oxidation sites excluding steroid dienone is 2. The van der Waals surface area contributed by atoms with Crippen LogP contribution in [0.15, 0.2) is 24.3 Å². The Balaban J connectivity index is 2.84. The van der Waals surface area contributed by atoms with Gasteiger partial charge in [0.15, 0.2) is 0 Å². The van der Waals surface area contributed by atoms with Crippen LogP contribution in [0.5, 0.6) is 5.75 Å². The monoisotopic (exact) mass is 218 g/mol. The zero-order valence-corrected chi connectivity index (χ0v) is 10.8. The van der Waals surface area contributed by atoms with Crippen molar-refractivity contribution in [2.24, 2.45) is 0 Å². The Morgan fingerprint density at radius 2 is 1.81 bits per heavy atom. The van der Waals surface area contributed by atoms with Crippen LogP contribution >= 0.6 is 0 Å². The second kappa shape index (κ2) is 6.37. The van der Waals surface area contributed by atoms with E-state index in [4.69, 9.17) is 4.74 Å². The maximum Gasteiger partial charge on any atom is 0.119 e. The normalized spacial score (nSPS) is 11.0. The molecular weight excluding hydrogens is 196 g/mol. The molecule has 0 N–H and O–H groups in total. The molecule has 0 saturated carbocycles. The summed E-state index contributed by atoms with van der Waals surface area (Å²) in [6.45, 7) is 9.15. The number of hydrogen-bond donors (Lipinski definition) is 0. The summed E-state index contributed by atoms with van der Waals surface area (Å²) in [4.78, 5) is 0. The molecule has 1 rings (SSSR count). The number of ether oxygens (including phenoxy) is 1. The van der Waals surface area contributed by atoms with Crippen molar-refractivity contribution in [2.75, 3.05) is 6.61 Å². The van der Waals surface area contributed by atoms with Gasteiger partial charge in [-0.05, 0) is 69.4 Å². The van der Waals surface area contributed by atoms with Gasteiger partial charge in [0.25, 0.3) is 0 Å². The van der Waals surface area contributed by atoms with E-state index in [1.54, 1.807) is 0 Å². The highest BCUT2D eigenvalue weighted by atomic mass is 16.5. The first-order valence-corrected chi connectivity index (χ1v) is 6.03. The first-order valence-electron chi connectivity index (χ1n) is 6.03. The standard InChI is InChI=1S/C15H22O/c1-5-7-8-9-15-12(3)10-14(16-6-2)11-13(15)4/h5,7,10-11H,6,8-9H2,1-4H3/b7-5-. The molecule has 88 valence electrons. The number of aryl methyl sites for hydroxylation is 2. The lowest BCUT2D eigenvalue weighted by Crippen LogP contribution is -1.97. The van der Waals surface area contributed by atoms with Crippen molar-refractivity contribution in [1.29, 1.82) is 0 Å². The van der Waals surface area contributed by atoms with Crippen molar-refractivity contribution in [3.8, 4) is 5.75 Å². The van der Waals surface area contributed by atoms with Crippen LogP contribution in [-0.4, -0.2) is 6.61 Å². The molecule has 16 heavy (non-hydrogen) atoms. The van der Waals surface area contributed by atoms with E-state index in [1.165, 1.54) is 16.7 Å². The predicted molar refractivity (Wildman–Crippen MR) is 70.2 cm³/mol. The summed E-state index contributed by atoms with van der Waals surface area (Å²) in [6.07, 6.45) is 6.56. The maximum atomic E-state index is 5.53. The summed E-state index contributed by atoms with van der Waals surface area (Å²) in [5, 5.41) is 0. The lowest BCUT2D eigenvalue weighted by molar-refractivity contribution is 0.339. The Hall–Kier alpha value is -1.24.